The minimum Gasteiger partial charge on any atom is -0.391 e. The van der Waals surface area contributed by atoms with Crippen LogP contribution in [0.2, 0.25) is 0 Å². The van der Waals surface area contributed by atoms with Crippen LogP contribution in [0, 0.1) is 30.4 Å². The smallest absolute Gasteiger partial charge is 0.259 e. The van der Waals surface area contributed by atoms with Crippen LogP contribution in [0.4, 0.5) is 8.78 Å². The van der Waals surface area contributed by atoms with Crippen molar-refractivity contribution in [3.8, 4) is 11.8 Å². The van der Waals surface area contributed by atoms with Gasteiger partial charge in [0.05, 0.1) is 23.8 Å². The number of nitrogens with zero attached hydrogens (tertiary/aromatic N) is 3. The first-order chi connectivity index (χ1) is 19.6. The maximum absolute atomic E-state index is 13.5. The highest BCUT2D eigenvalue weighted by Crippen LogP contribution is 2.28. The maximum atomic E-state index is 13.5. The molecule has 10 heteroatoms. The fourth-order valence-corrected chi connectivity index (χ4v) is 4.74. The van der Waals surface area contributed by atoms with Crippen LogP contribution in [0.15, 0.2) is 53.9 Å². The van der Waals surface area contributed by atoms with Gasteiger partial charge in [0.2, 0.25) is 0 Å². The molecule has 0 radical (unpaired) electrons. The number of halogens is 2. The van der Waals surface area contributed by atoms with Crippen LogP contribution in [-0.2, 0) is 16.1 Å². The number of hydrogen-bond donors (Lipinski definition) is 3. The molecule has 0 bridgehead atoms. The summed E-state index contributed by atoms with van der Waals surface area (Å²) in [5.41, 5.74) is 4.10. The van der Waals surface area contributed by atoms with E-state index in [-0.39, 0.29) is 24.7 Å². The molecule has 0 atom stereocenters. The van der Waals surface area contributed by atoms with Crippen molar-refractivity contribution in [2.24, 2.45) is 0 Å². The number of rotatable bonds is 8. The zero-order chi connectivity index (χ0) is 29.7. The summed E-state index contributed by atoms with van der Waals surface area (Å²) in [5.74, 6) is 3.70. The number of pyridine rings is 1. The van der Waals surface area contributed by atoms with E-state index in [0.29, 0.717) is 17.7 Å². The Morgan fingerprint density at radius 1 is 1.02 bits per heavy atom. The van der Waals surface area contributed by atoms with Crippen molar-refractivity contribution in [1.29, 1.82) is 0 Å². The SMILES string of the molecule is CC/C(NC)=C(\C(=O)NCC#Cc1ccc2ncc3nc(C)n(C(C)C)c3c2c1)C(=O)NCc1ccc(F)c(F)c1. The van der Waals surface area contributed by atoms with Crippen molar-refractivity contribution in [3.63, 3.8) is 0 Å². The Hall–Kier alpha value is -4.78. The van der Waals surface area contributed by atoms with E-state index in [1.807, 2.05) is 25.1 Å². The van der Waals surface area contributed by atoms with E-state index in [1.165, 1.54) is 6.07 Å². The number of benzene rings is 2. The Bertz CT molecular complexity index is 1720. The van der Waals surface area contributed by atoms with E-state index in [2.05, 4.69) is 56.2 Å². The highest BCUT2D eigenvalue weighted by atomic mass is 19.2. The van der Waals surface area contributed by atoms with Gasteiger partial charge in [0.15, 0.2) is 11.6 Å². The van der Waals surface area contributed by atoms with Crippen LogP contribution in [0.5, 0.6) is 0 Å². The third-order valence-electron chi connectivity index (χ3n) is 6.63. The van der Waals surface area contributed by atoms with Gasteiger partial charge in [0.1, 0.15) is 16.9 Å². The van der Waals surface area contributed by atoms with Gasteiger partial charge in [-0.3, -0.25) is 14.6 Å². The Labute approximate surface area is 237 Å². The van der Waals surface area contributed by atoms with Crippen molar-refractivity contribution in [2.75, 3.05) is 13.6 Å². The van der Waals surface area contributed by atoms with Gasteiger partial charge in [0.25, 0.3) is 11.8 Å². The summed E-state index contributed by atoms with van der Waals surface area (Å²) in [5, 5.41) is 9.12. The van der Waals surface area contributed by atoms with Crippen LogP contribution >= 0.6 is 0 Å². The van der Waals surface area contributed by atoms with E-state index in [9.17, 15) is 18.4 Å². The summed E-state index contributed by atoms with van der Waals surface area (Å²) in [6, 6.07) is 9.30. The summed E-state index contributed by atoms with van der Waals surface area (Å²) in [4.78, 5) is 35.1. The van der Waals surface area contributed by atoms with E-state index in [0.717, 1.165) is 45.5 Å². The zero-order valence-corrected chi connectivity index (χ0v) is 23.7. The minimum absolute atomic E-state index is 0.00299. The van der Waals surface area contributed by atoms with Gasteiger partial charge in [-0.15, -0.1) is 0 Å². The van der Waals surface area contributed by atoms with Crippen LogP contribution in [0.1, 0.15) is 50.2 Å². The molecule has 4 rings (SSSR count). The Kier molecular flexibility index (Phi) is 8.97. The lowest BCUT2D eigenvalue weighted by molar-refractivity contribution is -0.123. The van der Waals surface area contributed by atoms with Crippen molar-refractivity contribution < 1.29 is 18.4 Å². The summed E-state index contributed by atoms with van der Waals surface area (Å²) in [6.07, 6.45) is 2.18. The third-order valence-corrected chi connectivity index (χ3v) is 6.63. The third kappa shape index (κ3) is 6.35. The molecule has 2 aromatic carbocycles. The van der Waals surface area contributed by atoms with Gasteiger partial charge >= 0.3 is 0 Å². The first-order valence-corrected chi connectivity index (χ1v) is 13.3. The fourth-order valence-electron chi connectivity index (χ4n) is 4.74. The number of aromatic nitrogens is 3. The van der Waals surface area contributed by atoms with Crippen molar-refractivity contribution in [1.82, 2.24) is 30.5 Å². The molecular weight excluding hydrogens is 526 g/mol. The molecule has 3 N–H and O–H groups in total. The second-order valence-corrected chi connectivity index (χ2v) is 9.72. The molecule has 2 heterocycles. The number of carbonyl (C=O) groups excluding carboxylic acids is 2. The van der Waals surface area contributed by atoms with E-state index >= 15 is 0 Å². The Morgan fingerprint density at radius 2 is 1.78 bits per heavy atom. The fraction of sp³-hybridized carbons (Fsp3) is 0.290. The Balaban J connectivity index is 1.50. The monoisotopic (exact) mass is 558 g/mol. The molecule has 41 heavy (non-hydrogen) atoms. The van der Waals surface area contributed by atoms with Gasteiger partial charge in [-0.2, -0.15) is 0 Å². The van der Waals surface area contributed by atoms with Gasteiger partial charge in [0, 0.05) is 36.3 Å². The first kappa shape index (κ1) is 29.2. The molecule has 2 aromatic heterocycles. The molecule has 0 fully saturated rings. The average Bonchev–Trinajstić information content (AvgIpc) is 3.30. The number of amides is 2. The average molecular weight is 559 g/mol. The van der Waals surface area contributed by atoms with Gasteiger partial charge < -0.3 is 20.5 Å². The highest BCUT2D eigenvalue weighted by molar-refractivity contribution is 6.19. The maximum Gasteiger partial charge on any atom is 0.259 e. The minimum atomic E-state index is -1.01. The molecular formula is C31H32F2N6O2. The summed E-state index contributed by atoms with van der Waals surface area (Å²) in [6.45, 7) is 7.92. The van der Waals surface area contributed by atoms with E-state index in [4.69, 9.17) is 0 Å². The van der Waals surface area contributed by atoms with Crippen molar-refractivity contribution >= 4 is 33.8 Å². The molecule has 0 unspecified atom stereocenters. The topological polar surface area (TPSA) is 101 Å². The summed E-state index contributed by atoms with van der Waals surface area (Å²) >= 11 is 0. The predicted molar refractivity (Wildman–Crippen MR) is 155 cm³/mol. The van der Waals surface area contributed by atoms with Crippen LogP contribution in [0.25, 0.3) is 21.9 Å². The second-order valence-electron chi connectivity index (χ2n) is 9.72. The van der Waals surface area contributed by atoms with Gasteiger partial charge in [-0.1, -0.05) is 24.8 Å². The lowest BCUT2D eigenvalue weighted by Crippen LogP contribution is -2.37. The quantitative estimate of drug-likeness (QED) is 0.129. The summed E-state index contributed by atoms with van der Waals surface area (Å²) in [7, 11) is 1.62. The van der Waals surface area contributed by atoms with Gasteiger partial charge in [-0.05, 0) is 63.1 Å². The Morgan fingerprint density at radius 3 is 2.46 bits per heavy atom. The lowest BCUT2D eigenvalue weighted by atomic mass is 10.1. The molecule has 8 nitrogen and oxygen atoms in total. The normalized spacial score (nSPS) is 11.7. The molecule has 2 amide bonds. The number of hydrogen-bond acceptors (Lipinski definition) is 5. The predicted octanol–water partition coefficient (Wildman–Crippen LogP) is 4.42. The standard InChI is InChI=1S/C31H32F2N6O2/c1-6-25(34-5)28(31(41)37-16-21-9-11-23(32)24(33)15-21)30(40)35-13-7-8-20-10-12-26-22(14-20)29-27(17-36-26)38-19(4)39(29)18(2)3/h9-12,14-15,17-18,34H,6,13,16H2,1-5H3,(H,35,40)(H,37,41)/b28-25-. The number of imidazole rings is 1. The van der Waals surface area contributed by atoms with E-state index < -0.39 is 23.4 Å². The molecule has 0 saturated carbocycles. The molecule has 0 spiro atoms. The van der Waals surface area contributed by atoms with Crippen LogP contribution in [-0.4, -0.2) is 39.9 Å². The van der Waals surface area contributed by atoms with Crippen molar-refractivity contribution in [3.05, 3.63) is 82.5 Å². The largest absolute Gasteiger partial charge is 0.391 e. The molecule has 0 aliphatic heterocycles. The molecule has 0 saturated heterocycles. The highest BCUT2D eigenvalue weighted by Gasteiger charge is 2.22. The molecule has 4 aromatic rings. The second kappa shape index (κ2) is 12.6. The van der Waals surface area contributed by atoms with Crippen molar-refractivity contribution in [2.45, 2.75) is 46.7 Å². The zero-order valence-electron chi connectivity index (χ0n) is 23.7. The molecule has 0 aliphatic carbocycles. The van der Waals surface area contributed by atoms with Crippen LogP contribution < -0.4 is 16.0 Å². The number of aryl methyl sites for hydroxylation is 1. The first-order valence-electron chi connectivity index (χ1n) is 13.3. The number of carbonyl (C=O) groups is 2. The molecule has 0 aliphatic rings. The van der Waals surface area contributed by atoms with E-state index in [1.54, 1.807) is 20.2 Å². The number of fused-ring (bicyclic) bond motifs is 3. The van der Waals surface area contributed by atoms with Crippen LogP contribution in [0.3, 0.4) is 0 Å². The summed E-state index contributed by atoms with van der Waals surface area (Å²) < 4.78 is 28.9. The number of allylic oxidation sites excluding steroid dienone is 1. The number of nitrogens with one attached hydrogen (secondary N) is 3. The lowest BCUT2D eigenvalue weighted by Gasteiger charge is -2.14. The molecule has 212 valence electrons. The van der Waals surface area contributed by atoms with Gasteiger partial charge in [-0.25, -0.2) is 13.8 Å².